The van der Waals surface area contributed by atoms with Crippen molar-refractivity contribution in [2.24, 2.45) is 0 Å². The second-order valence-corrected chi connectivity index (χ2v) is 5.14. The van der Waals surface area contributed by atoms with E-state index in [1.807, 2.05) is 25.2 Å². The highest BCUT2D eigenvalue weighted by Crippen LogP contribution is 2.14. The molecule has 0 atom stereocenters. The molecule has 0 aliphatic heterocycles. The fraction of sp³-hybridized carbons (Fsp3) is 0.214. The van der Waals surface area contributed by atoms with Crippen LogP contribution in [0.3, 0.4) is 0 Å². The van der Waals surface area contributed by atoms with Gasteiger partial charge >= 0.3 is 0 Å². The van der Waals surface area contributed by atoms with Crippen molar-refractivity contribution in [3.8, 4) is 0 Å². The molecule has 0 unspecified atom stereocenters. The lowest BCUT2D eigenvalue weighted by Crippen LogP contribution is -2.16. The van der Waals surface area contributed by atoms with Crippen molar-refractivity contribution in [1.29, 1.82) is 0 Å². The third-order valence-electron chi connectivity index (χ3n) is 2.59. The summed E-state index contributed by atoms with van der Waals surface area (Å²) < 4.78 is 6.42. The summed E-state index contributed by atoms with van der Waals surface area (Å²) in [5, 5.41) is 0. The molecule has 3 nitrogen and oxygen atoms in total. The third kappa shape index (κ3) is 3.55. The third-order valence-corrected chi connectivity index (χ3v) is 3.12. The molecule has 94 valence electrons. The topological polar surface area (TPSA) is 33.5 Å². The maximum absolute atomic E-state index is 10.5. The fourth-order valence-corrected chi connectivity index (χ4v) is 2.03. The van der Waals surface area contributed by atoms with Gasteiger partial charge < -0.3 is 4.42 Å². The summed E-state index contributed by atoms with van der Waals surface area (Å²) in [7, 11) is 2.02. The predicted octanol–water partition coefficient (Wildman–Crippen LogP) is 3.49. The highest BCUT2D eigenvalue weighted by atomic mass is 79.9. The van der Waals surface area contributed by atoms with Gasteiger partial charge in [0.1, 0.15) is 5.76 Å². The molecule has 0 aliphatic rings. The van der Waals surface area contributed by atoms with E-state index < -0.39 is 0 Å². The van der Waals surface area contributed by atoms with Gasteiger partial charge in [-0.15, -0.1) is 0 Å². The van der Waals surface area contributed by atoms with Crippen molar-refractivity contribution in [1.82, 2.24) is 4.90 Å². The molecule has 0 N–H and O–H groups in total. The van der Waals surface area contributed by atoms with E-state index in [-0.39, 0.29) is 0 Å². The van der Waals surface area contributed by atoms with E-state index in [1.54, 1.807) is 6.07 Å². The monoisotopic (exact) mass is 307 g/mol. The minimum Gasteiger partial charge on any atom is -0.457 e. The molecule has 0 radical (unpaired) electrons. The van der Waals surface area contributed by atoms with Crippen LogP contribution in [0.5, 0.6) is 0 Å². The molecule has 18 heavy (non-hydrogen) atoms. The zero-order chi connectivity index (χ0) is 13.0. The number of carbonyl (C=O) groups excluding carboxylic acids is 1. The van der Waals surface area contributed by atoms with Crippen LogP contribution < -0.4 is 0 Å². The predicted molar refractivity (Wildman–Crippen MR) is 73.4 cm³/mol. The zero-order valence-corrected chi connectivity index (χ0v) is 11.7. The van der Waals surface area contributed by atoms with Crippen LogP contribution in [0.1, 0.15) is 21.9 Å². The number of aldehydes is 1. The van der Waals surface area contributed by atoms with Crippen molar-refractivity contribution in [3.05, 3.63) is 58.0 Å². The highest BCUT2D eigenvalue weighted by Gasteiger charge is 2.05. The maximum atomic E-state index is 10.5. The van der Waals surface area contributed by atoms with Crippen molar-refractivity contribution in [2.45, 2.75) is 13.1 Å². The number of nitrogens with zero attached hydrogens (tertiary/aromatic N) is 1. The molecular weight excluding hydrogens is 294 g/mol. The summed E-state index contributed by atoms with van der Waals surface area (Å²) >= 11 is 3.41. The minimum atomic E-state index is 0.377. The molecule has 0 fully saturated rings. The van der Waals surface area contributed by atoms with Gasteiger partial charge in [0.05, 0.1) is 6.54 Å². The number of rotatable bonds is 5. The number of halogens is 1. The SMILES string of the molecule is CN(Cc1ccc(Br)cc1)Cc1ccc(C=O)o1. The van der Waals surface area contributed by atoms with E-state index >= 15 is 0 Å². The van der Waals surface area contributed by atoms with Crippen LogP contribution in [-0.2, 0) is 13.1 Å². The molecular formula is C14H14BrNO2. The molecule has 0 spiro atoms. The van der Waals surface area contributed by atoms with E-state index in [2.05, 4.69) is 33.0 Å². The average molecular weight is 308 g/mol. The lowest BCUT2D eigenvalue weighted by molar-refractivity contribution is 0.109. The summed E-state index contributed by atoms with van der Waals surface area (Å²) in [6.07, 6.45) is 0.720. The van der Waals surface area contributed by atoms with Crippen LogP contribution in [-0.4, -0.2) is 18.2 Å². The number of benzene rings is 1. The molecule has 4 heteroatoms. The van der Waals surface area contributed by atoms with Gasteiger partial charge in [0.2, 0.25) is 0 Å². The van der Waals surface area contributed by atoms with E-state index in [0.717, 1.165) is 23.1 Å². The molecule has 2 aromatic rings. The van der Waals surface area contributed by atoms with Gasteiger partial charge in [-0.05, 0) is 36.9 Å². The van der Waals surface area contributed by atoms with E-state index in [4.69, 9.17) is 4.42 Å². The Bertz CT molecular complexity index is 519. The van der Waals surface area contributed by atoms with Gasteiger partial charge in [0.25, 0.3) is 0 Å². The first-order valence-corrected chi connectivity index (χ1v) is 6.43. The van der Waals surface area contributed by atoms with Crippen LogP contribution in [0, 0.1) is 0 Å². The Hall–Kier alpha value is -1.39. The summed E-state index contributed by atoms with van der Waals surface area (Å²) in [5.74, 6) is 1.18. The summed E-state index contributed by atoms with van der Waals surface area (Å²) in [6, 6.07) is 11.7. The first-order valence-electron chi connectivity index (χ1n) is 5.64. The Morgan fingerprint density at radius 3 is 2.50 bits per heavy atom. The van der Waals surface area contributed by atoms with Crippen LogP contribution in [0.4, 0.5) is 0 Å². The smallest absolute Gasteiger partial charge is 0.185 e. The van der Waals surface area contributed by atoms with Gasteiger partial charge in [-0.3, -0.25) is 9.69 Å². The fourth-order valence-electron chi connectivity index (χ4n) is 1.77. The first kappa shape index (κ1) is 13.1. The molecule has 1 aromatic carbocycles. The van der Waals surface area contributed by atoms with Crippen LogP contribution >= 0.6 is 15.9 Å². The van der Waals surface area contributed by atoms with Crippen molar-refractivity contribution in [3.63, 3.8) is 0 Å². The Kier molecular flexibility index (Phi) is 4.33. The molecule has 1 aromatic heterocycles. The minimum absolute atomic E-state index is 0.377. The first-order chi connectivity index (χ1) is 8.67. The molecule has 0 aliphatic carbocycles. The molecule has 0 bridgehead atoms. The zero-order valence-electron chi connectivity index (χ0n) is 10.1. The van der Waals surface area contributed by atoms with Gasteiger partial charge in [0.15, 0.2) is 12.0 Å². The molecule has 0 amide bonds. The standard InChI is InChI=1S/C14H14BrNO2/c1-16(8-11-2-4-12(15)5-3-11)9-13-6-7-14(10-17)18-13/h2-7,10H,8-9H2,1H3. The van der Waals surface area contributed by atoms with Crippen LogP contribution in [0.2, 0.25) is 0 Å². The van der Waals surface area contributed by atoms with Crippen molar-refractivity contribution >= 4 is 22.2 Å². The number of furan rings is 1. The number of hydrogen-bond donors (Lipinski definition) is 0. The lowest BCUT2D eigenvalue weighted by atomic mass is 10.2. The van der Waals surface area contributed by atoms with Gasteiger partial charge in [-0.1, -0.05) is 28.1 Å². The van der Waals surface area contributed by atoms with E-state index in [1.165, 1.54) is 5.56 Å². The Morgan fingerprint density at radius 2 is 1.89 bits per heavy atom. The van der Waals surface area contributed by atoms with Gasteiger partial charge in [-0.2, -0.15) is 0 Å². The Morgan fingerprint density at radius 1 is 1.17 bits per heavy atom. The summed E-state index contributed by atoms with van der Waals surface area (Å²) in [6.45, 7) is 1.52. The lowest BCUT2D eigenvalue weighted by Gasteiger charge is -2.15. The molecule has 0 saturated heterocycles. The Labute approximate surface area is 115 Å². The summed E-state index contributed by atoms with van der Waals surface area (Å²) in [4.78, 5) is 12.7. The number of hydrogen-bond acceptors (Lipinski definition) is 3. The second-order valence-electron chi connectivity index (χ2n) is 4.22. The molecule has 0 saturated carbocycles. The van der Waals surface area contributed by atoms with E-state index in [0.29, 0.717) is 12.3 Å². The highest BCUT2D eigenvalue weighted by molar-refractivity contribution is 9.10. The van der Waals surface area contributed by atoms with Crippen LogP contribution in [0.15, 0.2) is 45.3 Å². The van der Waals surface area contributed by atoms with Crippen LogP contribution in [0.25, 0.3) is 0 Å². The van der Waals surface area contributed by atoms with E-state index in [9.17, 15) is 4.79 Å². The summed E-state index contributed by atoms with van der Waals surface area (Å²) in [5.41, 5.74) is 1.24. The van der Waals surface area contributed by atoms with Crippen molar-refractivity contribution < 1.29 is 9.21 Å². The van der Waals surface area contributed by atoms with Gasteiger partial charge in [-0.25, -0.2) is 0 Å². The molecule has 1 heterocycles. The average Bonchev–Trinajstić information content (AvgIpc) is 2.79. The largest absolute Gasteiger partial charge is 0.457 e. The Balaban J connectivity index is 1.93. The molecule has 2 rings (SSSR count). The normalized spacial score (nSPS) is 10.8. The quantitative estimate of drug-likeness (QED) is 0.793. The maximum Gasteiger partial charge on any atom is 0.185 e. The van der Waals surface area contributed by atoms with Gasteiger partial charge in [0, 0.05) is 11.0 Å². The van der Waals surface area contributed by atoms with Crippen molar-refractivity contribution in [2.75, 3.05) is 7.05 Å². The second kappa shape index (κ2) is 5.98. The number of carbonyl (C=O) groups is 1.